The molecule has 1 aliphatic carbocycles. The van der Waals surface area contributed by atoms with E-state index in [1.54, 1.807) is 12.1 Å². The Balaban J connectivity index is 2.38. The van der Waals surface area contributed by atoms with E-state index in [9.17, 15) is 9.90 Å². The third kappa shape index (κ3) is 1.53. The van der Waals surface area contributed by atoms with Crippen molar-refractivity contribution in [2.24, 2.45) is 11.7 Å². The first-order valence-corrected chi connectivity index (χ1v) is 5.23. The summed E-state index contributed by atoms with van der Waals surface area (Å²) in [5, 5.41) is 10.4. The first-order valence-electron chi connectivity index (χ1n) is 5.23. The molecule has 1 unspecified atom stereocenters. The summed E-state index contributed by atoms with van der Waals surface area (Å²) in [6.45, 7) is 0. The van der Waals surface area contributed by atoms with Crippen LogP contribution < -0.4 is 5.73 Å². The van der Waals surface area contributed by atoms with Gasteiger partial charge in [-0.15, -0.1) is 0 Å². The lowest BCUT2D eigenvalue weighted by Crippen LogP contribution is -2.49. The normalized spacial score (nSPS) is 20.3. The second-order valence-electron chi connectivity index (χ2n) is 4.12. The van der Waals surface area contributed by atoms with Crippen molar-refractivity contribution in [1.29, 1.82) is 0 Å². The molecule has 1 amide bonds. The van der Waals surface area contributed by atoms with Gasteiger partial charge in [-0.3, -0.25) is 4.79 Å². The standard InChI is InChI=1S/C12H15NO2/c13-11(14)12(15,10-7-4-8-10)9-5-2-1-3-6-9/h1-3,5-6,10,15H,4,7-8H2,(H2,13,14). The molecule has 1 atom stereocenters. The van der Waals surface area contributed by atoms with Crippen LogP contribution in [0.4, 0.5) is 0 Å². The molecule has 80 valence electrons. The van der Waals surface area contributed by atoms with Crippen molar-refractivity contribution in [2.75, 3.05) is 0 Å². The quantitative estimate of drug-likeness (QED) is 0.777. The van der Waals surface area contributed by atoms with Crippen molar-refractivity contribution in [3.05, 3.63) is 35.9 Å². The monoisotopic (exact) mass is 205 g/mol. The molecule has 0 aliphatic heterocycles. The summed E-state index contributed by atoms with van der Waals surface area (Å²) in [7, 11) is 0. The molecule has 1 saturated carbocycles. The Morgan fingerprint density at radius 1 is 1.33 bits per heavy atom. The molecule has 1 aliphatic rings. The third-order valence-corrected chi connectivity index (χ3v) is 3.29. The SMILES string of the molecule is NC(=O)C(O)(c1ccccc1)C1CCC1. The number of nitrogens with two attached hydrogens (primary N) is 1. The first kappa shape index (κ1) is 10.2. The molecule has 2 rings (SSSR count). The summed E-state index contributed by atoms with van der Waals surface area (Å²) in [6.07, 6.45) is 2.80. The van der Waals surface area contributed by atoms with Gasteiger partial charge in [-0.25, -0.2) is 0 Å². The topological polar surface area (TPSA) is 63.3 Å². The molecule has 0 bridgehead atoms. The smallest absolute Gasteiger partial charge is 0.254 e. The van der Waals surface area contributed by atoms with Crippen LogP contribution in [0.25, 0.3) is 0 Å². The van der Waals surface area contributed by atoms with E-state index in [0.717, 1.165) is 19.3 Å². The Morgan fingerprint density at radius 3 is 2.33 bits per heavy atom. The molecule has 1 aromatic rings. The van der Waals surface area contributed by atoms with Crippen LogP contribution in [0.3, 0.4) is 0 Å². The molecule has 0 heterocycles. The third-order valence-electron chi connectivity index (χ3n) is 3.29. The van der Waals surface area contributed by atoms with Crippen LogP contribution in [-0.2, 0) is 10.4 Å². The number of carbonyl (C=O) groups is 1. The summed E-state index contributed by atoms with van der Waals surface area (Å²) in [4.78, 5) is 11.4. The Kier molecular flexibility index (Phi) is 2.49. The van der Waals surface area contributed by atoms with Crippen molar-refractivity contribution in [3.63, 3.8) is 0 Å². The lowest BCUT2D eigenvalue weighted by molar-refractivity contribution is -0.148. The van der Waals surface area contributed by atoms with Crippen LogP contribution in [0.5, 0.6) is 0 Å². The molecule has 0 aromatic heterocycles. The highest BCUT2D eigenvalue weighted by Gasteiger charge is 2.46. The van der Waals surface area contributed by atoms with Gasteiger partial charge in [0.05, 0.1) is 0 Å². The summed E-state index contributed by atoms with van der Waals surface area (Å²) >= 11 is 0. The average Bonchev–Trinajstić information content (AvgIpc) is 2.16. The number of rotatable bonds is 3. The number of primary amides is 1. The predicted molar refractivity (Wildman–Crippen MR) is 56.9 cm³/mol. The van der Waals surface area contributed by atoms with E-state index in [4.69, 9.17) is 5.73 Å². The van der Waals surface area contributed by atoms with Crippen molar-refractivity contribution in [2.45, 2.75) is 24.9 Å². The zero-order valence-electron chi connectivity index (χ0n) is 8.52. The molecular formula is C12H15NO2. The highest BCUT2D eigenvalue weighted by Crippen LogP contribution is 2.42. The highest BCUT2D eigenvalue weighted by molar-refractivity contribution is 5.85. The number of amides is 1. The van der Waals surface area contributed by atoms with Crippen LogP contribution in [0.15, 0.2) is 30.3 Å². The van der Waals surface area contributed by atoms with Gasteiger partial charge in [0.1, 0.15) is 0 Å². The molecule has 0 saturated heterocycles. The molecule has 0 radical (unpaired) electrons. The second-order valence-corrected chi connectivity index (χ2v) is 4.12. The minimum absolute atomic E-state index is 0.0163. The fourth-order valence-electron chi connectivity index (χ4n) is 2.10. The summed E-state index contributed by atoms with van der Waals surface area (Å²) in [6, 6.07) is 8.97. The molecule has 1 aromatic carbocycles. The minimum atomic E-state index is -1.47. The Morgan fingerprint density at radius 2 is 1.93 bits per heavy atom. The van der Waals surface area contributed by atoms with E-state index < -0.39 is 11.5 Å². The molecule has 3 N–H and O–H groups in total. The largest absolute Gasteiger partial charge is 0.375 e. The number of hydrogen-bond acceptors (Lipinski definition) is 2. The van der Waals surface area contributed by atoms with Crippen LogP contribution >= 0.6 is 0 Å². The van der Waals surface area contributed by atoms with Gasteiger partial charge in [0.15, 0.2) is 5.60 Å². The molecule has 1 fully saturated rings. The van der Waals surface area contributed by atoms with Crippen molar-refractivity contribution in [3.8, 4) is 0 Å². The van der Waals surface area contributed by atoms with Gasteiger partial charge in [-0.1, -0.05) is 36.8 Å². The van der Waals surface area contributed by atoms with Crippen LogP contribution in [0, 0.1) is 5.92 Å². The second kappa shape index (κ2) is 3.66. The Bertz CT molecular complexity index is 359. The Hall–Kier alpha value is -1.35. The Labute approximate surface area is 88.9 Å². The highest BCUT2D eigenvalue weighted by atomic mass is 16.3. The van der Waals surface area contributed by atoms with Gasteiger partial charge < -0.3 is 10.8 Å². The van der Waals surface area contributed by atoms with Gasteiger partial charge in [-0.2, -0.15) is 0 Å². The molecule has 3 heteroatoms. The zero-order chi connectivity index (χ0) is 10.9. The van der Waals surface area contributed by atoms with E-state index in [-0.39, 0.29) is 5.92 Å². The first-order chi connectivity index (χ1) is 7.15. The molecule has 15 heavy (non-hydrogen) atoms. The van der Waals surface area contributed by atoms with Crippen molar-refractivity contribution < 1.29 is 9.90 Å². The van der Waals surface area contributed by atoms with Gasteiger partial charge in [-0.05, 0) is 18.4 Å². The summed E-state index contributed by atoms with van der Waals surface area (Å²) in [5.74, 6) is -0.657. The van der Waals surface area contributed by atoms with E-state index in [1.165, 1.54) is 0 Å². The lowest BCUT2D eigenvalue weighted by atomic mass is 9.69. The fourth-order valence-corrected chi connectivity index (χ4v) is 2.10. The number of aliphatic hydroxyl groups is 1. The average molecular weight is 205 g/mol. The summed E-state index contributed by atoms with van der Waals surface area (Å²) in [5.41, 5.74) is 4.46. The number of carbonyl (C=O) groups excluding carboxylic acids is 1. The van der Waals surface area contributed by atoms with Crippen LogP contribution in [0.1, 0.15) is 24.8 Å². The van der Waals surface area contributed by atoms with Crippen molar-refractivity contribution >= 4 is 5.91 Å². The maximum atomic E-state index is 11.4. The van der Waals surface area contributed by atoms with Gasteiger partial charge in [0.2, 0.25) is 0 Å². The molecular weight excluding hydrogens is 190 g/mol. The zero-order valence-corrected chi connectivity index (χ0v) is 8.52. The maximum absolute atomic E-state index is 11.4. The molecule has 3 nitrogen and oxygen atoms in total. The van der Waals surface area contributed by atoms with Crippen LogP contribution in [-0.4, -0.2) is 11.0 Å². The lowest BCUT2D eigenvalue weighted by Gasteiger charge is -2.39. The molecule has 0 spiro atoms. The van der Waals surface area contributed by atoms with Crippen molar-refractivity contribution in [1.82, 2.24) is 0 Å². The fraction of sp³-hybridized carbons (Fsp3) is 0.417. The predicted octanol–water partition coefficient (Wildman–Crippen LogP) is 1.16. The van der Waals surface area contributed by atoms with E-state index >= 15 is 0 Å². The van der Waals surface area contributed by atoms with Gasteiger partial charge in [0, 0.05) is 5.92 Å². The van der Waals surface area contributed by atoms with E-state index in [0.29, 0.717) is 5.56 Å². The number of benzene rings is 1. The van der Waals surface area contributed by atoms with Gasteiger partial charge >= 0.3 is 0 Å². The maximum Gasteiger partial charge on any atom is 0.254 e. The van der Waals surface area contributed by atoms with E-state index in [2.05, 4.69) is 0 Å². The van der Waals surface area contributed by atoms with Crippen LogP contribution in [0.2, 0.25) is 0 Å². The minimum Gasteiger partial charge on any atom is -0.375 e. The summed E-state index contributed by atoms with van der Waals surface area (Å²) < 4.78 is 0. The van der Waals surface area contributed by atoms with Gasteiger partial charge in [0.25, 0.3) is 5.91 Å². The van der Waals surface area contributed by atoms with E-state index in [1.807, 2.05) is 18.2 Å². The number of hydrogen-bond donors (Lipinski definition) is 2.